The monoisotopic (exact) mass is 312 g/mol. The van der Waals surface area contributed by atoms with Crippen LogP contribution in [0, 0.1) is 0 Å². The van der Waals surface area contributed by atoms with Crippen LogP contribution >= 0.6 is 11.6 Å². The lowest BCUT2D eigenvalue weighted by Gasteiger charge is -2.08. The first-order valence-electron chi connectivity index (χ1n) is 7.19. The number of aliphatic hydroxyl groups excluding tert-OH is 1. The van der Waals surface area contributed by atoms with Crippen LogP contribution in [0.5, 0.6) is 0 Å². The third-order valence-corrected chi connectivity index (χ3v) is 3.61. The molecule has 1 saturated carbocycles. The molecule has 0 spiro atoms. The zero-order valence-corrected chi connectivity index (χ0v) is 12.6. The van der Waals surface area contributed by atoms with E-state index in [1.165, 1.54) is 5.56 Å². The Kier molecular flexibility index (Phi) is 6.29. The SMILES string of the molecule is O=C(NCCCOCCO)NC1CC1c1cccc(Cl)c1. The van der Waals surface area contributed by atoms with Gasteiger partial charge in [0.2, 0.25) is 0 Å². The summed E-state index contributed by atoms with van der Waals surface area (Å²) in [5, 5.41) is 15.0. The smallest absolute Gasteiger partial charge is 0.315 e. The second kappa shape index (κ2) is 8.22. The highest BCUT2D eigenvalue weighted by Gasteiger charge is 2.39. The van der Waals surface area contributed by atoms with Crippen molar-refractivity contribution in [2.75, 3.05) is 26.4 Å². The first-order valence-corrected chi connectivity index (χ1v) is 7.57. The molecule has 116 valence electrons. The molecular weight excluding hydrogens is 292 g/mol. The van der Waals surface area contributed by atoms with Crippen LogP contribution in [-0.4, -0.2) is 43.5 Å². The summed E-state index contributed by atoms with van der Waals surface area (Å²) >= 11 is 5.96. The minimum Gasteiger partial charge on any atom is -0.394 e. The number of urea groups is 1. The summed E-state index contributed by atoms with van der Waals surface area (Å²) in [7, 11) is 0. The molecule has 0 aromatic heterocycles. The van der Waals surface area contributed by atoms with Crippen molar-refractivity contribution in [3.8, 4) is 0 Å². The van der Waals surface area contributed by atoms with E-state index in [0.29, 0.717) is 25.7 Å². The fourth-order valence-electron chi connectivity index (χ4n) is 2.22. The van der Waals surface area contributed by atoms with Crippen molar-refractivity contribution in [2.24, 2.45) is 0 Å². The zero-order chi connectivity index (χ0) is 15.1. The van der Waals surface area contributed by atoms with E-state index in [1.54, 1.807) is 0 Å². The number of amides is 2. The predicted octanol–water partition coefficient (Wildman–Crippen LogP) is 1.89. The van der Waals surface area contributed by atoms with Crippen LogP contribution in [0.15, 0.2) is 24.3 Å². The lowest BCUT2D eigenvalue weighted by atomic mass is 10.1. The molecule has 2 unspecified atom stereocenters. The number of rotatable bonds is 8. The van der Waals surface area contributed by atoms with E-state index < -0.39 is 0 Å². The average Bonchev–Trinajstić information content (AvgIpc) is 3.22. The van der Waals surface area contributed by atoms with Crippen LogP contribution in [0.4, 0.5) is 4.79 Å². The van der Waals surface area contributed by atoms with Gasteiger partial charge in [0, 0.05) is 30.1 Å². The maximum absolute atomic E-state index is 11.7. The van der Waals surface area contributed by atoms with Crippen molar-refractivity contribution in [3.63, 3.8) is 0 Å². The lowest BCUT2D eigenvalue weighted by molar-refractivity contribution is 0.0910. The summed E-state index contributed by atoms with van der Waals surface area (Å²) < 4.78 is 5.11. The standard InChI is InChI=1S/C15H21ClN2O3/c16-12-4-1-3-11(9-12)13-10-14(13)18-15(20)17-5-2-7-21-8-6-19/h1,3-4,9,13-14,19H,2,5-8,10H2,(H2,17,18,20). The number of benzene rings is 1. The molecule has 0 saturated heterocycles. The van der Waals surface area contributed by atoms with Crippen LogP contribution in [0.2, 0.25) is 5.02 Å². The average molecular weight is 313 g/mol. The molecular formula is C15H21ClN2O3. The van der Waals surface area contributed by atoms with E-state index in [-0.39, 0.29) is 18.7 Å². The number of nitrogens with one attached hydrogen (secondary N) is 2. The van der Waals surface area contributed by atoms with Crippen LogP contribution in [-0.2, 0) is 4.74 Å². The fraction of sp³-hybridized carbons (Fsp3) is 0.533. The molecule has 5 nitrogen and oxygen atoms in total. The molecule has 1 aliphatic carbocycles. The number of carbonyl (C=O) groups excluding carboxylic acids is 1. The molecule has 1 fully saturated rings. The highest BCUT2D eigenvalue weighted by Crippen LogP contribution is 2.41. The molecule has 0 bridgehead atoms. The van der Waals surface area contributed by atoms with Crippen molar-refractivity contribution < 1.29 is 14.6 Å². The number of ether oxygens (including phenoxy) is 1. The van der Waals surface area contributed by atoms with E-state index in [0.717, 1.165) is 17.9 Å². The maximum atomic E-state index is 11.7. The maximum Gasteiger partial charge on any atom is 0.315 e. The normalized spacial score (nSPS) is 20.1. The molecule has 0 aliphatic heterocycles. The van der Waals surface area contributed by atoms with Crippen molar-refractivity contribution in [2.45, 2.75) is 24.8 Å². The molecule has 2 rings (SSSR count). The summed E-state index contributed by atoms with van der Waals surface area (Å²) in [5.41, 5.74) is 1.17. The van der Waals surface area contributed by atoms with Gasteiger partial charge in [0.15, 0.2) is 0 Å². The number of aliphatic hydroxyl groups is 1. The van der Waals surface area contributed by atoms with Crippen molar-refractivity contribution in [3.05, 3.63) is 34.9 Å². The summed E-state index contributed by atoms with van der Waals surface area (Å²) in [6, 6.07) is 7.81. The van der Waals surface area contributed by atoms with Gasteiger partial charge in [0.25, 0.3) is 0 Å². The minimum atomic E-state index is -0.147. The van der Waals surface area contributed by atoms with Crippen molar-refractivity contribution >= 4 is 17.6 Å². The third kappa shape index (κ3) is 5.53. The lowest BCUT2D eigenvalue weighted by Crippen LogP contribution is -2.38. The minimum absolute atomic E-state index is 0.0283. The Morgan fingerprint density at radius 1 is 1.43 bits per heavy atom. The van der Waals surface area contributed by atoms with Crippen LogP contribution in [0.3, 0.4) is 0 Å². The predicted molar refractivity (Wildman–Crippen MR) is 81.7 cm³/mol. The van der Waals surface area contributed by atoms with E-state index in [2.05, 4.69) is 10.6 Å². The summed E-state index contributed by atoms with van der Waals surface area (Å²) in [6.07, 6.45) is 1.68. The molecule has 0 heterocycles. The first kappa shape index (κ1) is 16.1. The fourth-order valence-corrected chi connectivity index (χ4v) is 2.42. The van der Waals surface area contributed by atoms with E-state index in [1.807, 2.05) is 24.3 Å². The van der Waals surface area contributed by atoms with Crippen molar-refractivity contribution in [1.29, 1.82) is 0 Å². The number of carbonyl (C=O) groups is 1. The molecule has 0 radical (unpaired) electrons. The van der Waals surface area contributed by atoms with Crippen LogP contribution in [0.1, 0.15) is 24.3 Å². The Balaban J connectivity index is 1.60. The molecule has 1 aromatic rings. The largest absolute Gasteiger partial charge is 0.394 e. The Morgan fingerprint density at radius 2 is 2.29 bits per heavy atom. The second-order valence-corrected chi connectivity index (χ2v) is 5.53. The van der Waals surface area contributed by atoms with Gasteiger partial charge in [0.1, 0.15) is 0 Å². The van der Waals surface area contributed by atoms with E-state index in [9.17, 15) is 4.79 Å². The first-order chi connectivity index (χ1) is 10.2. The Labute approximate surface area is 129 Å². The van der Waals surface area contributed by atoms with E-state index in [4.69, 9.17) is 21.4 Å². The van der Waals surface area contributed by atoms with Gasteiger partial charge in [-0.2, -0.15) is 0 Å². The molecule has 1 aliphatic rings. The van der Waals surface area contributed by atoms with Gasteiger partial charge in [-0.15, -0.1) is 0 Å². The van der Waals surface area contributed by atoms with Crippen LogP contribution in [0.25, 0.3) is 0 Å². The highest BCUT2D eigenvalue weighted by molar-refractivity contribution is 6.30. The van der Waals surface area contributed by atoms with Gasteiger partial charge in [-0.05, 0) is 30.5 Å². The summed E-state index contributed by atoms with van der Waals surface area (Å²) in [6.45, 7) is 1.47. The zero-order valence-electron chi connectivity index (χ0n) is 11.8. The molecule has 1 aromatic carbocycles. The Hall–Kier alpha value is -1.30. The molecule has 6 heteroatoms. The Bertz CT molecular complexity index is 470. The summed E-state index contributed by atoms with van der Waals surface area (Å²) in [5.74, 6) is 0.363. The van der Waals surface area contributed by atoms with Gasteiger partial charge in [-0.1, -0.05) is 23.7 Å². The second-order valence-electron chi connectivity index (χ2n) is 5.09. The van der Waals surface area contributed by atoms with E-state index >= 15 is 0 Å². The summed E-state index contributed by atoms with van der Waals surface area (Å²) in [4.78, 5) is 11.7. The van der Waals surface area contributed by atoms with Gasteiger partial charge in [-0.25, -0.2) is 4.79 Å². The number of hydrogen-bond acceptors (Lipinski definition) is 3. The third-order valence-electron chi connectivity index (χ3n) is 3.37. The molecule has 2 amide bonds. The molecule has 2 atom stereocenters. The Morgan fingerprint density at radius 3 is 3.05 bits per heavy atom. The quantitative estimate of drug-likeness (QED) is 0.642. The molecule has 3 N–H and O–H groups in total. The van der Waals surface area contributed by atoms with Crippen LogP contribution < -0.4 is 10.6 Å². The van der Waals surface area contributed by atoms with Gasteiger partial charge in [0.05, 0.1) is 13.2 Å². The van der Waals surface area contributed by atoms with Crippen molar-refractivity contribution in [1.82, 2.24) is 10.6 Å². The number of halogens is 1. The number of hydrogen-bond donors (Lipinski definition) is 3. The van der Waals surface area contributed by atoms with Gasteiger partial charge in [-0.3, -0.25) is 0 Å². The topological polar surface area (TPSA) is 70.6 Å². The van der Waals surface area contributed by atoms with Gasteiger partial charge < -0.3 is 20.5 Å². The molecule has 21 heavy (non-hydrogen) atoms. The van der Waals surface area contributed by atoms with Gasteiger partial charge >= 0.3 is 6.03 Å². The highest BCUT2D eigenvalue weighted by atomic mass is 35.5.